The van der Waals surface area contributed by atoms with Gasteiger partial charge in [0, 0.05) is 6.07 Å². The topological polar surface area (TPSA) is 59.3 Å². The average molecular weight is 191 g/mol. The molecule has 0 aliphatic heterocycles. The zero-order valence-corrected chi connectivity index (χ0v) is 7.69. The first-order chi connectivity index (χ1) is 6.81. The fraction of sp³-hybridized carbons (Fsp3) is 0.200. The minimum atomic E-state index is -0.0242. The Kier molecular flexibility index (Phi) is 3.50. The fourth-order valence-electron chi connectivity index (χ4n) is 0.994. The van der Waals surface area contributed by atoms with Crippen LogP contribution in [0.5, 0.6) is 11.5 Å². The van der Waals surface area contributed by atoms with E-state index in [2.05, 4.69) is 0 Å². The molecule has 4 heteroatoms. The van der Waals surface area contributed by atoms with Gasteiger partial charge in [-0.3, -0.25) is 4.79 Å². The summed E-state index contributed by atoms with van der Waals surface area (Å²) in [5.41, 5.74) is 0.455. The Bertz CT molecular complexity index is 368. The molecular formula is C10H9NO3. The summed E-state index contributed by atoms with van der Waals surface area (Å²) in [5.74, 6) is 0.949. The molecule has 0 spiro atoms. The van der Waals surface area contributed by atoms with Gasteiger partial charge in [0.1, 0.15) is 17.6 Å². The van der Waals surface area contributed by atoms with Gasteiger partial charge in [0.05, 0.1) is 12.7 Å². The molecule has 1 aromatic rings. The predicted molar refractivity (Wildman–Crippen MR) is 49.5 cm³/mol. The first-order valence-electron chi connectivity index (χ1n) is 3.94. The van der Waals surface area contributed by atoms with Gasteiger partial charge < -0.3 is 9.47 Å². The Hall–Kier alpha value is -2.02. The van der Waals surface area contributed by atoms with Crippen molar-refractivity contribution < 1.29 is 14.3 Å². The van der Waals surface area contributed by atoms with Crippen molar-refractivity contribution in [3.8, 4) is 17.6 Å². The van der Waals surface area contributed by atoms with Gasteiger partial charge in [-0.1, -0.05) is 0 Å². The van der Waals surface area contributed by atoms with E-state index in [1.807, 2.05) is 6.07 Å². The fourth-order valence-corrected chi connectivity index (χ4v) is 0.994. The van der Waals surface area contributed by atoms with Crippen LogP contribution >= 0.6 is 0 Å². The van der Waals surface area contributed by atoms with Gasteiger partial charge in [-0.15, -0.1) is 0 Å². The van der Waals surface area contributed by atoms with Crippen molar-refractivity contribution in [2.24, 2.45) is 0 Å². The SMILES string of the molecule is COc1cc(OCC#N)ccc1C=O. The van der Waals surface area contributed by atoms with Crippen LogP contribution in [-0.4, -0.2) is 20.0 Å². The number of rotatable bonds is 4. The largest absolute Gasteiger partial charge is 0.496 e. The first-order valence-corrected chi connectivity index (χ1v) is 3.94. The summed E-state index contributed by atoms with van der Waals surface area (Å²) >= 11 is 0. The third kappa shape index (κ3) is 2.23. The highest BCUT2D eigenvalue weighted by atomic mass is 16.5. The number of carbonyl (C=O) groups excluding carboxylic acids is 1. The van der Waals surface area contributed by atoms with Crippen LogP contribution in [0.2, 0.25) is 0 Å². The number of hydrogen-bond acceptors (Lipinski definition) is 4. The normalized spacial score (nSPS) is 8.86. The molecule has 0 radical (unpaired) electrons. The number of nitrogens with zero attached hydrogens (tertiary/aromatic N) is 1. The van der Waals surface area contributed by atoms with Crippen molar-refractivity contribution >= 4 is 6.29 Å². The van der Waals surface area contributed by atoms with E-state index in [0.29, 0.717) is 23.3 Å². The minimum absolute atomic E-state index is 0.0242. The van der Waals surface area contributed by atoms with E-state index >= 15 is 0 Å². The van der Waals surface area contributed by atoms with Crippen molar-refractivity contribution in [3.05, 3.63) is 23.8 Å². The van der Waals surface area contributed by atoms with Crippen LogP contribution in [0.1, 0.15) is 10.4 Å². The lowest BCUT2D eigenvalue weighted by Crippen LogP contribution is -1.96. The molecule has 0 heterocycles. The van der Waals surface area contributed by atoms with E-state index in [4.69, 9.17) is 14.7 Å². The molecule has 0 aliphatic rings. The van der Waals surface area contributed by atoms with Crippen molar-refractivity contribution in [2.45, 2.75) is 0 Å². The molecule has 0 aromatic heterocycles. The second-order valence-electron chi connectivity index (χ2n) is 2.47. The van der Waals surface area contributed by atoms with Gasteiger partial charge in [0.25, 0.3) is 0 Å². The predicted octanol–water partition coefficient (Wildman–Crippen LogP) is 1.41. The Morgan fingerprint density at radius 2 is 2.36 bits per heavy atom. The van der Waals surface area contributed by atoms with Gasteiger partial charge in [0.15, 0.2) is 12.9 Å². The molecule has 0 aliphatic carbocycles. The van der Waals surface area contributed by atoms with Crippen LogP contribution in [0, 0.1) is 11.3 Å². The molecule has 0 unspecified atom stereocenters. The summed E-state index contributed by atoms with van der Waals surface area (Å²) in [6.07, 6.45) is 0.701. The molecule has 0 atom stereocenters. The van der Waals surface area contributed by atoms with Crippen LogP contribution in [-0.2, 0) is 0 Å². The monoisotopic (exact) mass is 191 g/mol. The number of carbonyl (C=O) groups is 1. The molecule has 4 nitrogen and oxygen atoms in total. The van der Waals surface area contributed by atoms with E-state index in [0.717, 1.165) is 0 Å². The zero-order valence-electron chi connectivity index (χ0n) is 7.69. The number of nitriles is 1. The lowest BCUT2D eigenvalue weighted by molar-refractivity contribution is 0.112. The highest BCUT2D eigenvalue weighted by molar-refractivity contribution is 5.79. The molecule has 0 bridgehead atoms. The number of benzene rings is 1. The Labute approximate surface area is 81.7 Å². The molecule has 0 fully saturated rings. The highest BCUT2D eigenvalue weighted by Gasteiger charge is 2.03. The third-order valence-corrected chi connectivity index (χ3v) is 1.64. The van der Waals surface area contributed by atoms with E-state index < -0.39 is 0 Å². The number of hydrogen-bond donors (Lipinski definition) is 0. The smallest absolute Gasteiger partial charge is 0.174 e. The van der Waals surface area contributed by atoms with Gasteiger partial charge in [-0.25, -0.2) is 0 Å². The lowest BCUT2D eigenvalue weighted by atomic mass is 10.2. The van der Waals surface area contributed by atoms with E-state index in [9.17, 15) is 4.79 Å². The Balaban J connectivity index is 2.90. The number of ether oxygens (including phenoxy) is 2. The van der Waals surface area contributed by atoms with Crippen LogP contribution in [0.4, 0.5) is 0 Å². The Morgan fingerprint density at radius 3 is 2.93 bits per heavy atom. The summed E-state index contributed by atoms with van der Waals surface area (Å²) in [6, 6.07) is 6.62. The summed E-state index contributed by atoms with van der Waals surface area (Å²) in [7, 11) is 1.47. The first kappa shape index (κ1) is 10.1. The highest BCUT2D eigenvalue weighted by Crippen LogP contribution is 2.23. The number of methoxy groups -OCH3 is 1. The molecule has 0 saturated heterocycles. The van der Waals surface area contributed by atoms with Crippen molar-refractivity contribution in [1.82, 2.24) is 0 Å². The molecule has 1 rings (SSSR count). The minimum Gasteiger partial charge on any atom is -0.496 e. The van der Waals surface area contributed by atoms with Crippen molar-refractivity contribution in [2.75, 3.05) is 13.7 Å². The van der Waals surface area contributed by atoms with Gasteiger partial charge in [-0.05, 0) is 12.1 Å². The van der Waals surface area contributed by atoms with E-state index in [1.54, 1.807) is 18.2 Å². The van der Waals surface area contributed by atoms with Crippen LogP contribution in [0.15, 0.2) is 18.2 Å². The summed E-state index contributed by atoms with van der Waals surface area (Å²) < 4.78 is 10.0. The maximum absolute atomic E-state index is 10.5. The second kappa shape index (κ2) is 4.87. The molecule has 0 amide bonds. The van der Waals surface area contributed by atoms with E-state index in [-0.39, 0.29) is 6.61 Å². The summed E-state index contributed by atoms with van der Waals surface area (Å²) in [6.45, 7) is -0.0242. The standard InChI is InChI=1S/C10H9NO3/c1-13-10-6-9(14-5-4-11)3-2-8(10)7-12/h2-3,6-7H,5H2,1H3. The van der Waals surface area contributed by atoms with Gasteiger partial charge in [-0.2, -0.15) is 5.26 Å². The van der Waals surface area contributed by atoms with Crippen molar-refractivity contribution in [1.29, 1.82) is 5.26 Å². The van der Waals surface area contributed by atoms with E-state index in [1.165, 1.54) is 7.11 Å². The molecule has 0 saturated carbocycles. The molecule has 14 heavy (non-hydrogen) atoms. The Morgan fingerprint density at radius 1 is 1.57 bits per heavy atom. The molecule has 72 valence electrons. The van der Waals surface area contributed by atoms with Crippen LogP contribution < -0.4 is 9.47 Å². The molecular weight excluding hydrogens is 182 g/mol. The van der Waals surface area contributed by atoms with Gasteiger partial charge in [0.2, 0.25) is 0 Å². The van der Waals surface area contributed by atoms with Crippen molar-refractivity contribution in [3.63, 3.8) is 0 Å². The molecule has 0 N–H and O–H groups in total. The maximum atomic E-state index is 10.5. The quantitative estimate of drug-likeness (QED) is 0.675. The second-order valence-corrected chi connectivity index (χ2v) is 2.47. The van der Waals surface area contributed by atoms with Crippen LogP contribution in [0.3, 0.4) is 0 Å². The lowest BCUT2D eigenvalue weighted by Gasteiger charge is -2.06. The molecule has 1 aromatic carbocycles. The average Bonchev–Trinajstić information content (AvgIpc) is 2.25. The zero-order chi connectivity index (χ0) is 10.4. The third-order valence-electron chi connectivity index (χ3n) is 1.64. The van der Waals surface area contributed by atoms with Gasteiger partial charge >= 0.3 is 0 Å². The summed E-state index contributed by atoms with van der Waals surface area (Å²) in [5, 5.41) is 8.29. The van der Waals surface area contributed by atoms with Crippen LogP contribution in [0.25, 0.3) is 0 Å². The maximum Gasteiger partial charge on any atom is 0.174 e. The number of aldehydes is 1. The summed E-state index contributed by atoms with van der Waals surface area (Å²) in [4.78, 5) is 10.5.